The number of aryl methyl sites for hydroxylation is 1. The van der Waals surface area contributed by atoms with Gasteiger partial charge in [0.2, 0.25) is 0 Å². The predicted octanol–water partition coefficient (Wildman–Crippen LogP) is 4.04. The van der Waals surface area contributed by atoms with Crippen LogP contribution in [0.15, 0.2) is 59.1 Å². The van der Waals surface area contributed by atoms with Gasteiger partial charge >= 0.3 is 0 Å². The SMILES string of the molecule is COc1cccc(C(=O)N2CC3(CN(Cc4ccccc4)CC3c3ncc(C)o3)C2)c1C. The normalized spacial score (nSPS) is 19.8. The quantitative estimate of drug-likeness (QED) is 0.610. The second kappa shape index (κ2) is 8.10. The molecule has 0 saturated carbocycles. The Hall–Kier alpha value is -3.12. The molecule has 5 rings (SSSR count). The van der Waals surface area contributed by atoms with E-state index >= 15 is 0 Å². The zero-order valence-electron chi connectivity index (χ0n) is 18.9. The molecular weight excluding hydrogens is 402 g/mol. The summed E-state index contributed by atoms with van der Waals surface area (Å²) in [5.41, 5.74) is 2.86. The Balaban J connectivity index is 1.37. The molecule has 2 aromatic carbocycles. The Labute approximate surface area is 188 Å². The zero-order valence-corrected chi connectivity index (χ0v) is 18.9. The highest BCUT2D eigenvalue weighted by molar-refractivity contribution is 5.97. The minimum absolute atomic E-state index is 0.0332. The first-order chi connectivity index (χ1) is 15.5. The number of likely N-dealkylation sites (tertiary alicyclic amines) is 2. The van der Waals surface area contributed by atoms with Gasteiger partial charge in [-0.05, 0) is 31.5 Å². The molecule has 1 amide bonds. The number of amides is 1. The van der Waals surface area contributed by atoms with Crippen LogP contribution in [0.1, 0.15) is 39.1 Å². The van der Waals surface area contributed by atoms with Gasteiger partial charge < -0.3 is 14.1 Å². The fourth-order valence-corrected chi connectivity index (χ4v) is 5.32. The van der Waals surface area contributed by atoms with Crippen LogP contribution in [0.2, 0.25) is 0 Å². The number of rotatable bonds is 5. The Bertz CT molecular complexity index is 1120. The second-order valence-corrected chi connectivity index (χ2v) is 9.17. The molecule has 6 heteroatoms. The topological polar surface area (TPSA) is 58.8 Å². The van der Waals surface area contributed by atoms with Crippen LogP contribution in [-0.2, 0) is 6.54 Å². The van der Waals surface area contributed by atoms with E-state index < -0.39 is 0 Å². The van der Waals surface area contributed by atoms with Crippen molar-refractivity contribution in [3.8, 4) is 5.75 Å². The molecule has 3 aromatic rings. The van der Waals surface area contributed by atoms with E-state index in [2.05, 4.69) is 34.1 Å². The van der Waals surface area contributed by atoms with Crippen molar-refractivity contribution in [3.63, 3.8) is 0 Å². The van der Waals surface area contributed by atoms with Crippen LogP contribution in [0.5, 0.6) is 5.75 Å². The third-order valence-corrected chi connectivity index (χ3v) is 6.94. The summed E-state index contributed by atoms with van der Waals surface area (Å²) >= 11 is 0. The lowest BCUT2D eigenvalue weighted by Gasteiger charge is -2.50. The summed E-state index contributed by atoms with van der Waals surface area (Å²) in [6.07, 6.45) is 1.80. The van der Waals surface area contributed by atoms with Gasteiger partial charge in [-0.15, -0.1) is 0 Å². The highest BCUT2D eigenvalue weighted by Crippen LogP contribution is 2.49. The van der Waals surface area contributed by atoms with Gasteiger partial charge in [-0.25, -0.2) is 4.98 Å². The Morgan fingerprint density at radius 3 is 2.59 bits per heavy atom. The Morgan fingerprint density at radius 2 is 1.91 bits per heavy atom. The maximum Gasteiger partial charge on any atom is 0.254 e. The van der Waals surface area contributed by atoms with Crippen LogP contribution in [0.3, 0.4) is 0 Å². The Kier molecular flexibility index (Phi) is 5.25. The van der Waals surface area contributed by atoms with E-state index in [9.17, 15) is 4.79 Å². The largest absolute Gasteiger partial charge is 0.496 e. The lowest BCUT2D eigenvalue weighted by atomic mass is 9.71. The van der Waals surface area contributed by atoms with Gasteiger partial charge in [0.25, 0.3) is 5.91 Å². The summed E-state index contributed by atoms with van der Waals surface area (Å²) in [6, 6.07) is 16.2. The molecule has 32 heavy (non-hydrogen) atoms. The van der Waals surface area contributed by atoms with Crippen molar-refractivity contribution in [1.29, 1.82) is 0 Å². The van der Waals surface area contributed by atoms with Crippen molar-refractivity contribution >= 4 is 5.91 Å². The third kappa shape index (κ3) is 3.58. The van der Waals surface area contributed by atoms with Crippen molar-refractivity contribution in [2.24, 2.45) is 5.41 Å². The highest BCUT2D eigenvalue weighted by atomic mass is 16.5. The highest BCUT2D eigenvalue weighted by Gasteiger charge is 2.57. The summed E-state index contributed by atoms with van der Waals surface area (Å²) in [6.45, 7) is 7.99. The van der Waals surface area contributed by atoms with Crippen molar-refractivity contribution in [2.75, 3.05) is 33.3 Å². The third-order valence-electron chi connectivity index (χ3n) is 6.94. The lowest BCUT2D eigenvalue weighted by molar-refractivity contribution is -0.000703. The van der Waals surface area contributed by atoms with Gasteiger partial charge in [-0.3, -0.25) is 9.69 Å². The maximum absolute atomic E-state index is 13.3. The first kappa shape index (κ1) is 20.8. The van der Waals surface area contributed by atoms with Gasteiger partial charge in [-0.1, -0.05) is 36.4 Å². The van der Waals surface area contributed by atoms with Crippen molar-refractivity contribution < 1.29 is 13.9 Å². The number of ether oxygens (including phenoxy) is 1. The summed E-state index contributed by atoms with van der Waals surface area (Å²) in [7, 11) is 1.64. The first-order valence-electron chi connectivity index (χ1n) is 11.1. The average Bonchev–Trinajstić information content (AvgIpc) is 3.36. The number of oxazole rings is 1. The summed E-state index contributed by atoms with van der Waals surface area (Å²) in [5, 5.41) is 0. The van der Waals surface area contributed by atoms with E-state index in [0.29, 0.717) is 18.7 Å². The van der Waals surface area contributed by atoms with Gasteiger partial charge in [0.1, 0.15) is 11.5 Å². The molecule has 0 bridgehead atoms. The summed E-state index contributed by atoms with van der Waals surface area (Å²) in [4.78, 5) is 22.3. The van der Waals surface area contributed by atoms with Gasteiger partial charge in [-0.2, -0.15) is 0 Å². The van der Waals surface area contributed by atoms with Crippen LogP contribution in [0.25, 0.3) is 0 Å². The first-order valence-corrected chi connectivity index (χ1v) is 11.1. The number of aromatic nitrogens is 1. The molecular formula is C26H29N3O3. The average molecular weight is 432 g/mol. The number of methoxy groups -OCH3 is 1. The second-order valence-electron chi connectivity index (χ2n) is 9.17. The zero-order chi connectivity index (χ0) is 22.3. The molecule has 1 atom stereocenters. The molecule has 0 aliphatic carbocycles. The number of carbonyl (C=O) groups is 1. The fourth-order valence-electron chi connectivity index (χ4n) is 5.32. The van der Waals surface area contributed by atoms with Crippen LogP contribution < -0.4 is 4.74 Å². The number of benzene rings is 2. The Morgan fingerprint density at radius 1 is 1.12 bits per heavy atom. The summed E-state index contributed by atoms with van der Waals surface area (Å²) in [5.74, 6) is 2.61. The number of nitrogens with zero attached hydrogens (tertiary/aromatic N) is 3. The van der Waals surface area contributed by atoms with Gasteiger partial charge in [0.05, 0.1) is 19.2 Å². The molecule has 2 aliphatic heterocycles. The smallest absolute Gasteiger partial charge is 0.254 e. The maximum atomic E-state index is 13.3. The van der Waals surface area contributed by atoms with Crippen LogP contribution in [0.4, 0.5) is 0 Å². The predicted molar refractivity (Wildman–Crippen MR) is 122 cm³/mol. The molecule has 3 heterocycles. The molecule has 166 valence electrons. The number of hydrogen-bond acceptors (Lipinski definition) is 5. The van der Waals surface area contributed by atoms with E-state index in [1.54, 1.807) is 13.3 Å². The number of carbonyl (C=O) groups excluding carboxylic acids is 1. The fraction of sp³-hybridized carbons (Fsp3) is 0.385. The van der Waals surface area contributed by atoms with Gasteiger partial charge in [0, 0.05) is 49.3 Å². The van der Waals surface area contributed by atoms with E-state index in [1.807, 2.05) is 43.0 Å². The molecule has 2 fully saturated rings. The van der Waals surface area contributed by atoms with E-state index in [1.165, 1.54) is 5.56 Å². The van der Waals surface area contributed by atoms with Crippen LogP contribution in [0, 0.1) is 19.3 Å². The molecule has 0 radical (unpaired) electrons. The standard InChI is InChI=1S/C26H29N3O3/c1-18-12-27-24(32-18)22-14-28(13-20-8-5-4-6-9-20)15-26(22)16-29(17-26)25(30)21-10-7-11-23(31-3)19(21)2/h4-12,22H,13-17H2,1-3H3. The minimum Gasteiger partial charge on any atom is -0.496 e. The van der Waals surface area contributed by atoms with E-state index in [-0.39, 0.29) is 17.2 Å². The molecule has 1 unspecified atom stereocenters. The molecule has 1 aromatic heterocycles. The van der Waals surface area contributed by atoms with Crippen LogP contribution >= 0.6 is 0 Å². The molecule has 2 aliphatic rings. The van der Waals surface area contributed by atoms with E-state index in [4.69, 9.17) is 9.15 Å². The van der Waals surface area contributed by atoms with Crippen molar-refractivity contribution in [2.45, 2.75) is 26.3 Å². The molecule has 6 nitrogen and oxygen atoms in total. The van der Waals surface area contributed by atoms with Crippen molar-refractivity contribution in [1.82, 2.24) is 14.8 Å². The van der Waals surface area contributed by atoms with Gasteiger partial charge in [0.15, 0.2) is 5.89 Å². The minimum atomic E-state index is -0.0332. The van der Waals surface area contributed by atoms with E-state index in [0.717, 1.165) is 42.6 Å². The molecule has 0 N–H and O–H groups in total. The molecule has 2 saturated heterocycles. The van der Waals surface area contributed by atoms with Crippen LogP contribution in [-0.4, -0.2) is 54.0 Å². The summed E-state index contributed by atoms with van der Waals surface area (Å²) < 4.78 is 11.4. The van der Waals surface area contributed by atoms with Crippen molar-refractivity contribution in [3.05, 3.63) is 83.1 Å². The number of hydrogen-bond donors (Lipinski definition) is 0. The monoisotopic (exact) mass is 431 g/mol. The lowest BCUT2D eigenvalue weighted by Crippen LogP contribution is -2.61. The molecule has 1 spiro atoms.